The molecule has 1 fully saturated rings. The second-order valence-electron chi connectivity index (χ2n) is 7.09. The van der Waals surface area contributed by atoms with Crippen LogP contribution in [0.2, 0.25) is 0 Å². The van der Waals surface area contributed by atoms with E-state index in [4.69, 9.17) is 4.74 Å². The van der Waals surface area contributed by atoms with Gasteiger partial charge in [0.2, 0.25) is 10.0 Å². The second kappa shape index (κ2) is 9.40. The van der Waals surface area contributed by atoms with Crippen LogP contribution in [0.4, 0.5) is 4.39 Å². The molecule has 0 aliphatic carbocycles. The normalized spacial score (nSPS) is 14.6. The molecule has 0 radical (unpaired) electrons. The van der Waals surface area contributed by atoms with E-state index in [1.54, 1.807) is 19.2 Å². The van der Waals surface area contributed by atoms with Crippen molar-refractivity contribution in [2.75, 3.05) is 26.2 Å². The summed E-state index contributed by atoms with van der Waals surface area (Å²) in [5.41, 5.74) is 0.913. The molecule has 0 bridgehead atoms. The number of halogens is 1. The Balaban J connectivity index is 1.50. The molecule has 30 heavy (non-hydrogen) atoms. The van der Waals surface area contributed by atoms with Gasteiger partial charge in [0.25, 0.3) is 5.91 Å². The number of esters is 1. The van der Waals surface area contributed by atoms with Crippen LogP contribution in [-0.2, 0) is 33.0 Å². The van der Waals surface area contributed by atoms with Crippen LogP contribution in [0.5, 0.6) is 0 Å². The number of carbonyl (C=O) groups excluding carboxylic acids is 2. The summed E-state index contributed by atoms with van der Waals surface area (Å²) in [6.07, 6.45) is 3.51. The number of ether oxygens (including phenoxy) is 1. The van der Waals surface area contributed by atoms with Gasteiger partial charge in [-0.3, -0.25) is 4.79 Å². The number of hydrogen-bond acceptors (Lipinski definition) is 5. The highest BCUT2D eigenvalue weighted by Crippen LogP contribution is 2.22. The van der Waals surface area contributed by atoms with Crippen molar-refractivity contribution in [2.45, 2.75) is 24.2 Å². The van der Waals surface area contributed by atoms with E-state index < -0.39 is 28.5 Å². The van der Waals surface area contributed by atoms with Crippen LogP contribution in [0.3, 0.4) is 0 Å². The van der Waals surface area contributed by atoms with Gasteiger partial charge in [0, 0.05) is 32.9 Å². The number of amides is 1. The molecule has 1 amide bonds. The molecule has 3 rings (SSSR count). The molecule has 1 saturated heterocycles. The lowest BCUT2D eigenvalue weighted by Gasteiger charge is -2.13. The predicted molar refractivity (Wildman–Crippen MR) is 107 cm³/mol. The maximum Gasteiger partial charge on any atom is 0.355 e. The summed E-state index contributed by atoms with van der Waals surface area (Å²) in [6, 6.07) is 7.21. The number of nitrogens with one attached hydrogen (secondary N) is 1. The van der Waals surface area contributed by atoms with E-state index in [2.05, 4.69) is 5.32 Å². The first-order valence-electron chi connectivity index (χ1n) is 9.62. The quantitative estimate of drug-likeness (QED) is 0.631. The average Bonchev–Trinajstić information content (AvgIpc) is 3.38. The Morgan fingerprint density at radius 1 is 1.17 bits per heavy atom. The number of carbonyl (C=O) groups is 2. The lowest BCUT2D eigenvalue weighted by Crippen LogP contribution is -2.30. The van der Waals surface area contributed by atoms with Crippen LogP contribution >= 0.6 is 0 Å². The number of hydrogen-bond donors (Lipinski definition) is 1. The molecule has 2 heterocycles. The zero-order chi connectivity index (χ0) is 21.7. The summed E-state index contributed by atoms with van der Waals surface area (Å²) in [5, 5.41) is 2.61. The highest BCUT2D eigenvalue weighted by Gasteiger charge is 2.29. The molecule has 0 saturated carbocycles. The minimum atomic E-state index is -3.64. The van der Waals surface area contributed by atoms with E-state index >= 15 is 0 Å². The van der Waals surface area contributed by atoms with E-state index in [-0.39, 0.29) is 16.4 Å². The minimum absolute atomic E-state index is 0.0302. The molecule has 10 heteroatoms. The maximum absolute atomic E-state index is 12.9. The minimum Gasteiger partial charge on any atom is -0.451 e. The highest BCUT2D eigenvalue weighted by atomic mass is 32.2. The van der Waals surface area contributed by atoms with Gasteiger partial charge in [-0.15, -0.1) is 0 Å². The largest absolute Gasteiger partial charge is 0.451 e. The second-order valence-corrected chi connectivity index (χ2v) is 9.02. The standard InChI is InChI=1S/C20H24FN3O5S/c1-23-13-17(30(27,28)24-10-2-3-11-24)12-18(23)20(26)29-14-19(25)22-9-8-15-4-6-16(21)7-5-15/h4-7,12-13H,2-3,8-11,14H2,1H3,(H,22,25). The highest BCUT2D eigenvalue weighted by molar-refractivity contribution is 7.89. The third kappa shape index (κ3) is 5.25. The van der Waals surface area contributed by atoms with E-state index in [1.807, 2.05) is 0 Å². The Labute approximate surface area is 174 Å². The summed E-state index contributed by atoms with van der Waals surface area (Å²) in [5.74, 6) is -1.59. The molecule has 1 aliphatic heterocycles. The van der Waals surface area contributed by atoms with Gasteiger partial charge < -0.3 is 14.6 Å². The molecule has 0 unspecified atom stereocenters. The van der Waals surface area contributed by atoms with Crippen molar-refractivity contribution in [3.63, 3.8) is 0 Å². The van der Waals surface area contributed by atoms with Gasteiger partial charge >= 0.3 is 5.97 Å². The summed E-state index contributed by atoms with van der Waals surface area (Å²) in [7, 11) is -2.10. The molecule has 0 atom stereocenters. The van der Waals surface area contributed by atoms with Crippen LogP contribution in [-0.4, -0.2) is 55.4 Å². The fourth-order valence-corrected chi connectivity index (χ4v) is 4.80. The SMILES string of the molecule is Cn1cc(S(=O)(=O)N2CCCC2)cc1C(=O)OCC(=O)NCCc1ccc(F)cc1. The molecule has 162 valence electrons. The van der Waals surface area contributed by atoms with Gasteiger partial charge in [-0.2, -0.15) is 4.31 Å². The number of benzene rings is 1. The van der Waals surface area contributed by atoms with E-state index in [0.717, 1.165) is 18.4 Å². The van der Waals surface area contributed by atoms with Gasteiger partial charge in [0.05, 0.1) is 0 Å². The molecule has 1 aliphatic rings. The molecule has 2 aromatic rings. The fourth-order valence-electron chi connectivity index (χ4n) is 3.21. The van der Waals surface area contributed by atoms with Crippen LogP contribution in [0.15, 0.2) is 41.4 Å². The van der Waals surface area contributed by atoms with Crippen LogP contribution in [0.25, 0.3) is 0 Å². The van der Waals surface area contributed by atoms with Crippen molar-refractivity contribution < 1.29 is 27.1 Å². The Morgan fingerprint density at radius 3 is 2.50 bits per heavy atom. The van der Waals surface area contributed by atoms with Crippen LogP contribution < -0.4 is 5.32 Å². The fraction of sp³-hybridized carbons (Fsp3) is 0.400. The molecule has 1 aromatic heterocycles. The van der Waals surface area contributed by atoms with E-state index in [1.165, 1.54) is 33.3 Å². The summed E-state index contributed by atoms with van der Waals surface area (Å²) in [4.78, 5) is 24.2. The molecule has 1 N–H and O–H groups in total. The van der Waals surface area contributed by atoms with Gasteiger partial charge in [-0.05, 0) is 43.0 Å². The summed E-state index contributed by atoms with van der Waals surface area (Å²) in [6.45, 7) is 0.760. The van der Waals surface area contributed by atoms with E-state index in [9.17, 15) is 22.4 Å². The topological polar surface area (TPSA) is 97.7 Å². The molecule has 8 nitrogen and oxygen atoms in total. The van der Waals surface area contributed by atoms with Crippen molar-refractivity contribution in [2.24, 2.45) is 7.05 Å². The zero-order valence-electron chi connectivity index (χ0n) is 16.6. The van der Waals surface area contributed by atoms with Crippen LogP contribution in [0, 0.1) is 5.82 Å². The van der Waals surface area contributed by atoms with E-state index in [0.29, 0.717) is 26.1 Å². The Bertz CT molecular complexity index is 1010. The first-order valence-corrected chi connectivity index (χ1v) is 11.1. The van der Waals surface area contributed by atoms with Gasteiger partial charge in [-0.25, -0.2) is 17.6 Å². The van der Waals surface area contributed by atoms with Crippen molar-refractivity contribution in [3.8, 4) is 0 Å². The van der Waals surface area contributed by atoms with Gasteiger partial charge in [0.1, 0.15) is 16.4 Å². The number of aryl methyl sites for hydroxylation is 1. The van der Waals surface area contributed by atoms with Crippen LogP contribution in [0.1, 0.15) is 28.9 Å². The lowest BCUT2D eigenvalue weighted by molar-refractivity contribution is -0.124. The number of nitrogens with zero attached hydrogens (tertiary/aromatic N) is 2. The Kier molecular flexibility index (Phi) is 6.88. The average molecular weight is 437 g/mol. The van der Waals surface area contributed by atoms with Crippen molar-refractivity contribution in [1.82, 2.24) is 14.2 Å². The van der Waals surface area contributed by atoms with Gasteiger partial charge in [-0.1, -0.05) is 12.1 Å². The lowest BCUT2D eigenvalue weighted by atomic mass is 10.1. The van der Waals surface area contributed by atoms with Crippen molar-refractivity contribution >= 4 is 21.9 Å². The summed E-state index contributed by atoms with van der Waals surface area (Å²) >= 11 is 0. The Hall–Kier alpha value is -2.72. The number of rotatable bonds is 8. The van der Waals surface area contributed by atoms with Crippen molar-refractivity contribution in [1.29, 1.82) is 0 Å². The van der Waals surface area contributed by atoms with Gasteiger partial charge in [0.15, 0.2) is 6.61 Å². The molecular weight excluding hydrogens is 413 g/mol. The molecule has 0 spiro atoms. The van der Waals surface area contributed by atoms with Crippen molar-refractivity contribution in [3.05, 3.63) is 53.6 Å². The zero-order valence-corrected chi connectivity index (χ0v) is 17.5. The molecular formula is C20H24FN3O5S. The third-order valence-corrected chi connectivity index (χ3v) is 6.74. The number of aromatic nitrogens is 1. The smallest absolute Gasteiger partial charge is 0.355 e. The number of sulfonamides is 1. The molecule has 1 aromatic carbocycles. The summed E-state index contributed by atoms with van der Waals surface area (Å²) < 4.78 is 45.9. The Morgan fingerprint density at radius 2 is 1.83 bits per heavy atom. The first-order chi connectivity index (χ1) is 14.3. The third-order valence-electron chi connectivity index (χ3n) is 4.88. The first kappa shape index (κ1) is 22.0. The maximum atomic E-state index is 12.9. The predicted octanol–water partition coefficient (Wildman–Crippen LogP) is 1.46. The monoisotopic (exact) mass is 437 g/mol.